The third-order valence-electron chi connectivity index (χ3n) is 4.47. The number of carbonyl (C=O) groups is 1. The van der Waals surface area contributed by atoms with E-state index < -0.39 is 0 Å². The molecule has 0 saturated heterocycles. The first-order valence-electron chi connectivity index (χ1n) is 9.58. The van der Waals surface area contributed by atoms with E-state index in [1.54, 1.807) is 42.5 Å². The maximum atomic E-state index is 12.2. The highest BCUT2D eigenvalue weighted by molar-refractivity contribution is 7.19. The number of ether oxygens (including phenoxy) is 1. The molecule has 0 bridgehead atoms. The van der Waals surface area contributed by atoms with E-state index in [4.69, 9.17) is 39.5 Å². The first-order chi connectivity index (χ1) is 15.9. The maximum Gasteiger partial charge on any atom is 0.262 e. The molecule has 0 aliphatic rings. The van der Waals surface area contributed by atoms with Crippen molar-refractivity contribution in [2.24, 2.45) is 0 Å². The van der Waals surface area contributed by atoms with Gasteiger partial charge >= 0.3 is 0 Å². The number of hydrogen-bond donors (Lipinski definition) is 1. The SMILES string of the molecule is N#C/C(=C\c1ccc(OCC(=O)Nc2ccc(Cl)c(Cl)c2)c(Cl)c1)c1nc2ccccc2s1. The number of benzene rings is 3. The zero-order chi connectivity index (χ0) is 23.4. The van der Waals surface area contributed by atoms with Gasteiger partial charge in [-0.3, -0.25) is 4.79 Å². The van der Waals surface area contributed by atoms with Gasteiger partial charge in [-0.25, -0.2) is 4.98 Å². The molecule has 164 valence electrons. The van der Waals surface area contributed by atoms with Gasteiger partial charge in [0.2, 0.25) is 0 Å². The van der Waals surface area contributed by atoms with Gasteiger partial charge in [0.15, 0.2) is 6.61 Å². The first kappa shape index (κ1) is 23.1. The summed E-state index contributed by atoms with van der Waals surface area (Å²) in [6, 6.07) is 19.8. The Morgan fingerprint density at radius 3 is 2.61 bits per heavy atom. The van der Waals surface area contributed by atoms with Crippen LogP contribution in [-0.2, 0) is 4.79 Å². The number of anilines is 1. The Labute approximate surface area is 208 Å². The van der Waals surface area contributed by atoms with Crippen LogP contribution >= 0.6 is 46.1 Å². The van der Waals surface area contributed by atoms with E-state index in [0.29, 0.717) is 42.6 Å². The first-order valence-corrected chi connectivity index (χ1v) is 11.5. The molecule has 1 amide bonds. The van der Waals surface area contributed by atoms with Gasteiger partial charge in [0.05, 0.1) is 30.9 Å². The van der Waals surface area contributed by atoms with Crippen molar-refractivity contribution in [3.8, 4) is 11.8 Å². The molecular formula is C24H14Cl3N3O2S. The number of nitriles is 1. The molecule has 0 aliphatic carbocycles. The minimum atomic E-state index is -0.379. The van der Waals surface area contributed by atoms with E-state index in [1.165, 1.54) is 11.3 Å². The van der Waals surface area contributed by atoms with E-state index in [9.17, 15) is 10.1 Å². The van der Waals surface area contributed by atoms with Crippen LogP contribution in [0.5, 0.6) is 5.75 Å². The number of fused-ring (bicyclic) bond motifs is 1. The molecule has 0 unspecified atom stereocenters. The molecule has 1 aromatic heterocycles. The monoisotopic (exact) mass is 513 g/mol. The lowest BCUT2D eigenvalue weighted by atomic mass is 10.1. The Balaban J connectivity index is 1.44. The van der Waals surface area contributed by atoms with E-state index in [1.807, 2.05) is 24.3 Å². The third kappa shape index (κ3) is 5.65. The fourth-order valence-electron chi connectivity index (χ4n) is 2.93. The highest BCUT2D eigenvalue weighted by atomic mass is 35.5. The van der Waals surface area contributed by atoms with Crippen molar-refractivity contribution < 1.29 is 9.53 Å². The van der Waals surface area contributed by atoms with Gasteiger partial charge in [0.25, 0.3) is 5.91 Å². The number of nitrogens with zero attached hydrogens (tertiary/aromatic N) is 2. The van der Waals surface area contributed by atoms with Crippen molar-refractivity contribution in [1.29, 1.82) is 5.26 Å². The quantitative estimate of drug-likeness (QED) is 0.273. The average Bonchev–Trinajstić information content (AvgIpc) is 3.23. The highest BCUT2D eigenvalue weighted by Crippen LogP contribution is 2.31. The Morgan fingerprint density at radius 1 is 1.06 bits per heavy atom. The summed E-state index contributed by atoms with van der Waals surface area (Å²) in [5, 5.41) is 14.0. The third-order valence-corrected chi connectivity index (χ3v) is 6.58. The number of rotatable bonds is 6. The van der Waals surface area contributed by atoms with Gasteiger partial charge in [0, 0.05) is 5.69 Å². The summed E-state index contributed by atoms with van der Waals surface area (Å²) in [5.74, 6) is -0.0346. The van der Waals surface area contributed by atoms with E-state index >= 15 is 0 Å². The summed E-state index contributed by atoms with van der Waals surface area (Å²) in [7, 11) is 0. The normalized spacial score (nSPS) is 11.3. The predicted octanol–water partition coefficient (Wildman–Crippen LogP) is 7.34. The molecule has 0 spiro atoms. The number of carbonyl (C=O) groups excluding carboxylic acids is 1. The summed E-state index contributed by atoms with van der Waals surface area (Å²) in [6.45, 7) is -0.246. The summed E-state index contributed by atoms with van der Waals surface area (Å²) < 4.78 is 6.55. The van der Waals surface area contributed by atoms with Crippen LogP contribution in [0.4, 0.5) is 5.69 Å². The molecule has 0 radical (unpaired) electrons. The zero-order valence-corrected chi connectivity index (χ0v) is 19.9. The largest absolute Gasteiger partial charge is 0.482 e. The number of nitrogens with one attached hydrogen (secondary N) is 1. The van der Waals surface area contributed by atoms with Crippen LogP contribution in [0.15, 0.2) is 60.7 Å². The number of amides is 1. The summed E-state index contributed by atoms with van der Waals surface area (Å²) >= 11 is 19.6. The fourth-order valence-corrected chi connectivity index (χ4v) is 4.41. The topological polar surface area (TPSA) is 75.0 Å². The fraction of sp³-hybridized carbons (Fsp3) is 0.0417. The van der Waals surface area contributed by atoms with Crippen LogP contribution < -0.4 is 10.1 Å². The van der Waals surface area contributed by atoms with Gasteiger partial charge in [-0.2, -0.15) is 5.26 Å². The highest BCUT2D eigenvalue weighted by Gasteiger charge is 2.11. The van der Waals surface area contributed by atoms with Gasteiger partial charge in [-0.05, 0) is 54.1 Å². The number of hydrogen-bond acceptors (Lipinski definition) is 5. The zero-order valence-electron chi connectivity index (χ0n) is 16.8. The molecule has 0 aliphatic heterocycles. The molecule has 9 heteroatoms. The van der Waals surface area contributed by atoms with Crippen LogP contribution in [0.3, 0.4) is 0 Å². The van der Waals surface area contributed by atoms with E-state index in [2.05, 4.69) is 16.4 Å². The lowest BCUT2D eigenvalue weighted by molar-refractivity contribution is -0.118. The van der Waals surface area contributed by atoms with Gasteiger partial charge < -0.3 is 10.1 Å². The number of para-hydroxylation sites is 1. The van der Waals surface area contributed by atoms with E-state index in [0.717, 1.165) is 10.2 Å². The molecule has 3 aromatic carbocycles. The summed E-state index contributed by atoms with van der Waals surface area (Å²) in [6.07, 6.45) is 1.71. The van der Waals surface area contributed by atoms with Crippen molar-refractivity contribution in [3.05, 3.63) is 86.3 Å². The molecule has 1 N–H and O–H groups in total. The lowest BCUT2D eigenvalue weighted by Gasteiger charge is -2.10. The van der Waals surface area contributed by atoms with Crippen molar-refractivity contribution in [3.63, 3.8) is 0 Å². The van der Waals surface area contributed by atoms with Gasteiger partial charge in [-0.1, -0.05) is 53.0 Å². The Kier molecular flexibility index (Phi) is 7.17. The average molecular weight is 515 g/mol. The second-order valence-corrected chi connectivity index (χ2v) is 9.06. The van der Waals surface area contributed by atoms with Crippen LogP contribution in [0.1, 0.15) is 10.6 Å². The van der Waals surface area contributed by atoms with Crippen LogP contribution in [0.25, 0.3) is 21.9 Å². The molecule has 0 atom stereocenters. The van der Waals surface area contributed by atoms with Crippen molar-refractivity contribution in [2.45, 2.75) is 0 Å². The smallest absolute Gasteiger partial charge is 0.262 e. The van der Waals surface area contributed by atoms with Gasteiger partial charge in [0.1, 0.15) is 16.8 Å². The molecule has 5 nitrogen and oxygen atoms in total. The minimum Gasteiger partial charge on any atom is -0.482 e. The van der Waals surface area contributed by atoms with Gasteiger partial charge in [-0.15, -0.1) is 11.3 Å². The summed E-state index contributed by atoms with van der Waals surface area (Å²) in [4.78, 5) is 16.7. The maximum absolute atomic E-state index is 12.2. The van der Waals surface area contributed by atoms with Crippen LogP contribution in [-0.4, -0.2) is 17.5 Å². The molecular weight excluding hydrogens is 501 g/mol. The minimum absolute atomic E-state index is 0.246. The number of thiazole rings is 1. The summed E-state index contributed by atoms with van der Waals surface area (Å²) in [5.41, 5.74) is 2.49. The number of allylic oxidation sites excluding steroid dienone is 1. The molecule has 4 aromatic rings. The Hall–Kier alpha value is -3.08. The Bertz CT molecular complexity index is 1390. The predicted molar refractivity (Wildman–Crippen MR) is 135 cm³/mol. The lowest BCUT2D eigenvalue weighted by Crippen LogP contribution is -2.20. The second-order valence-electron chi connectivity index (χ2n) is 6.81. The standard InChI is InChI=1S/C24H14Cl3N3O2S/c25-17-7-6-16(11-18(17)26)29-23(31)13-32-21-8-5-14(10-19(21)27)9-15(12-28)24-30-20-3-1-2-4-22(20)33-24/h1-11H,13H2,(H,29,31)/b15-9+. The van der Waals surface area contributed by atoms with Crippen LogP contribution in [0.2, 0.25) is 15.1 Å². The molecule has 4 rings (SSSR count). The molecule has 0 fully saturated rings. The van der Waals surface area contributed by atoms with Crippen molar-refractivity contribution in [2.75, 3.05) is 11.9 Å². The van der Waals surface area contributed by atoms with Crippen molar-refractivity contribution >= 4 is 79.6 Å². The molecule has 33 heavy (non-hydrogen) atoms. The molecule has 1 heterocycles. The second kappa shape index (κ2) is 10.2. The molecule has 0 saturated carbocycles. The number of halogens is 3. The van der Waals surface area contributed by atoms with Crippen molar-refractivity contribution in [1.82, 2.24) is 4.98 Å². The van der Waals surface area contributed by atoms with Crippen LogP contribution in [0, 0.1) is 11.3 Å². The Morgan fingerprint density at radius 2 is 1.88 bits per heavy atom. The van der Waals surface area contributed by atoms with E-state index in [-0.39, 0.29) is 12.5 Å². The number of aromatic nitrogens is 1.